The van der Waals surface area contributed by atoms with Gasteiger partial charge < -0.3 is 23.5 Å². The van der Waals surface area contributed by atoms with Crippen LogP contribution in [0.3, 0.4) is 0 Å². The second-order valence-electron chi connectivity index (χ2n) is 7.53. The van der Waals surface area contributed by atoms with Gasteiger partial charge >= 0.3 is 0 Å². The van der Waals surface area contributed by atoms with Gasteiger partial charge in [-0.3, -0.25) is 4.79 Å². The van der Waals surface area contributed by atoms with Crippen molar-refractivity contribution in [2.45, 2.75) is 18.4 Å². The number of carbonyl (C=O) groups excluding carboxylic acids is 1. The minimum atomic E-state index is -1.45. The molecular formula is C24H25BrN2O5. The Hall–Kier alpha value is -2.84. The van der Waals surface area contributed by atoms with Crippen molar-refractivity contribution in [3.05, 3.63) is 58.6 Å². The molecule has 2 heterocycles. The lowest BCUT2D eigenvalue weighted by atomic mass is 9.94. The van der Waals surface area contributed by atoms with Gasteiger partial charge in [0.25, 0.3) is 0 Å². The van der Waals surface area contributed by atoms with Crippen LogP contribution < -0.4 is 14.4 Å². The van der Waals surface area contributed by atoms with Crippen LogP contribution in [0.15, 0.2) is 51.6 Å². The molecule has 7 nitrogen and oxygen atoms in total. The lowest BCUT2D eigenvalue weighted by Gasteiger charge is -2.25. The van der Waals surface area contributed by atoms with Crippen molar-refractivity contribution in [3.63, 3.8) is 0 Å². The molecule has 0 spiro atoms. The van der Waals surface area contributed by atoms with Gasteiger partial charge in [-0.05, 0) is 53.0 Å². The molecule has 1 saturated heterocycles. The maximum atomic E-state index is 12.3. The quantitative estimate of drug-likeness (QED) is 0.410. The zero-order chi connectivity index (χ0) is 22.7. The maximum absolute atomic E-state index is 12.3. The molecule has 0 radical (unpaired) electrons. The number of ether oxygens (including phenoxy) is 3. The molecule has 0 bridgehead atoms. The lowest BCUT2D eigenvalue weighted by molar-refractivity contribution is -0.126. The van der Waals surface area contributed by atoms with Crippen LogP contribution in [-0.4, -0.2) is 45.7 Å². The van der Waals surface area contributed by atoms with Crippen LogP contribution in [0.2, 0.25) is 0 Å². The average molecular weight is 501 g/mol. The van der Waals surface area contributed by atoms with Crippen molar-refractivity contribution in [2.75, 3.05) is 39.3 Å². The van der Waals surface area contributed by atoms with Gasteiger partial charge in [0.2, 0.25) is 11.5 Å². The normalized spacial score (nSPS) is 15.4. The van der Waals surface area contributed by atoms with Crippen molar-refractivity contribution in [1.29, 1.82) is 0 Å². The summed E-state index contributed by atoms with van der Waals surface area (Å²) in [6.07, 6.45) is 4.61. The van der Waals surface area contributed by atoms with Gasteiger partial charge in [-0.25, -0.2) is 4.98 Å². The molecule has 1 aliphatic rings. The number of rotatable bonds is 8. The van der Waals surface area contributed by atoms with E-state index in [1.165, 1.54) is 26.2 Å². The molecule has 1 unspecified atom stereocenters. The molecule has 1 atom stereocenters. The first-order chi connectivity index (χ1) is 15.6. The zero-order valence-corrected chi connectivity index (χ0v) is 19.8. The van der Waals surface area contributed by atoms with Crippen LogP contribution in [0, 0.1) is 0 Å². The van der Waals surface area contributed by atoms with E-state index in [0.717, 1.165) is 30.6 Å². The highest BCUT2D eigenvalue weighted by Crippen LogP contribution is 2.40. The number of anilines is 1. The first kappa shape index (κ1) is 22.4. The number of aromatic nitrogens is 1. The van der Waals surface area contributed by atoms with Crippen molar-refractivity contribution >= 4 is 27.9 Å². The van der Waals surface area contributed by atoms with E-state index in [2.05, 4.69) is 25.8 Å². The number of hydrogen-bond acceptors (Lipinski definition) is 7. The van der Waals surface area contributed by atoms with Gasteiger partial charge in [0.15, 0.2) is 6.29 Å². The highest BCUT2D eigenvalue weighted by atomic mass is 79.9. The number of nitrogens with zero attached hydrogens (tertiary/aromatic N) is 2. The Balaban J connectivity index is 1.71. The molecule has 32 heavy (non-hydrogen) atoms. The first-order valence-electron chi connectivity index (χ1n) is 10.3. The molecule has 8 heteroatoms. The first-order valence-corrected chi connectivity index (χ1v) is 11.1. The molecule has 0 aliphatic carbocycles. The minimum Gasteiger partial charge on any atom is -0.495 e. The van der Waals surface area contributed by atoms with Gasteiger partial charge in [-0.2, -0.15) is 0 Å². The summed E-state index contributed by atoms with van der Waals surface area (Å²) in [6.45, 7) is 2.09. The minimum absolute atomic E-state index is 0.153. The SMILES string of the molecule is COc1cc(-c2coc(C(C=O)(OC)c3ccc(N4CCCC4)cc3)n2)cc(OC)c1Br. The van der Waals surface area contributed by atoms with E-state index in [1.807, 2.05) is 36.4 Å². The molecule has 1 aromatic heterocycles. The summed E-state index contributed by atoms with van der Waals surface area (Å²) in [7, 11) is 4.62. The molecule has 0 amide bonds. The summed E-state index contributed by atoms with van der Waals surface area (Å²) in [4.78, 5) is 19.2. The number of benzene rings is 2. The van der Waals surface area contributed by atoms with Crippen molar-refractivity contribution in [3.8, 4) is 22.8 Å². The van der Waals surface area contributed by atoms with E-state index in [0.29, 0.717) is 27.2 Å². The maximum Gasteiger partial charge on any atom is 0.239 e. The monoisotopic (exact) mass is 500 g/mol. The predicted molar refractivity (Wildman–Crippen MR) is 124 cm³/mol. The second-order valence-corrected chi connectivity index (χ2v) is 8.32. The second kappa shape index (κ2) is 9.34. The molecule has 1 fully saturated rings. The number of hydrogen-bond donors (Lipinski definition) is 0. The van der Waals surface area contributed by atoms with E-state index < -0.39 is 5.60 Å². The highest BCUT2D eigenvalue weighted by Gasteiger charge is 2.40. The summed E-state index contributed by atoms with van der Waals surface area (Å²) in [5.74, 6) is 1.34. The zero-order valence-electron chi connectivity index (χ0n) is 18.3. The summed E-state index contributed by atoms with van der Waals surface area (Å²) in [5, 5.41) is 0. The van der Waals surface area contributed by atoms with Crippen LogP contribution in [-0.2, 0) is 15.1 Å². The van der Waals surface area contributed by atoms with E-state index >= 15 is 0 Å². The molecule has 0 N–H and O–H groups in total. The number of aldehydes is 1. The Morgan fingerprint density at radius 1 is 1.06 bits per heavy atom. The lowest BCUT2D eigenvalue weighted by Crippen LogP contribution is -2.32. The van der Waals surface area contributed by atoms with E-state index in [-0.39, 0.29) is 5.89 Å². The number of carbonyl (C=O) groups is 1. The van der Waals surface area contributed by atoms with Crippen molar-refractivity contribution < 1.29 is 23.4 Å². The summed E-state index contributed by atoms with van der Waals surface area (Å²) >= 11 is 3.46. The van der Waals surface area contributed by atoms with E-state index in [1.54, 1.807) is 14.2 Å². The van der Waals surface area contributed by atoms with E-state index in [4.69, 9.17) is 18.6 Å². The topological polar surface area (TPSA) is 74.0 Å². The fourth-order valence-corrected chi connectivity index (χ4v) is 4.54. The van der Waals surface area contributed by atoms with Crippen LogP contribution in [0.5, 0.6) is 11.5 Å². The van der Waals surface area contributed by atoms with E-state index in [9.17, 15) is 4.79 Å². The van der Waals surface area contributed by atoms with Crippen LogP contribution >= 0.6 is 15.9 Å². The Bertz CT molecular complexity index is 1070. The summed E-state index contributed by atoms with van der Waals surface area (Å²) < 4.78 is 23.0. The predicted octanol–water partition coefficient (Wildman–Crippen LogP) is 4.81. The average Bonchev–Trinajstić information content (AvgIpc) is 3.54. The Labute approximate surface area is 195 Å². The van der Waals surface area contributed by atoms with Crippen molar-refractivity contribution in [2.24, 2.45) is 0 Å². The molecule has 0 saturated carbocycles. The largest absolute Gasteiger partial charge is 0.495 e. The molecule has 3 aromatic rings. The number of oxazole rings is 1. The van der Waals surface area contributed by atoms with Gasteiger partial charge in [0, 0.05) is 37.0 Å². The van der Waals surface area contributed by atoms with Gasteiger partial charge in [-0.15, -0.1) is 0 Å². The molecular weight excluding hydrogens is 476 g/mol. The van der Waals surface area contributed by atoms with Crippen molar-refractivity contribution in [1.82, 2.24) is 4.98 Å². The number of halogens is 1. The van der Waals surface area contributed by atoms with Crippen LogP contribution in [0.25, 0.3) is 11.3 Å². The third-order valence-corrected chi connectivity index (χ3v) is 6.60. The molecule has 168 valence electrons. The Morgan fingerprint density at radius 2 is 1.69 bits per heavy atom. The Morgan fingerprint density at radius 3 is 2.22 bits per heavy atom. The Kier molecular flexibility index (Phi) is 6.53. The highest BCUT2D eigenvalue weighted by molar-refractivity contribution is 9.10. The summed E-state index contributed by atoms with van der Waals surface area (Å²) in [6, 6.07) is 11.4. The molecule has 1 aliphatic heterocycles. The van der Waals surface area contributed by atoms with Gasteiger partial charge in [0.05, 0.1) is 14.2 Å². The fraction of sp³-hybridized carbons (Fsp3) is 0.333. The van der Waals surface area contributed by atoms with Crippen LogP contribution in [0.4, 0.5) is 5.69 Å². The molecule has 4 rings (SSSR count). The van der Waals surface area contributed by atoms with Gasteiger partial charge in [0.1, 0.15) is 27.9 Å². The fourth-order valence-electron chi connectivity index (χ4n) is 3.98. The molecule has 2 aromatic carbocycles. The van der Waals surface area contributed by atoms with Gasteiger partial charge in [-0.1, -0.05) is 12.1 Å². The number of methoxy groups -OCH3 is 3. The smallest absolute Gasteiger partial charge is 0.239 e. The standard InChI is InChI=1S/C24H25BrN2O5/c1-29-20-12-16(13-21(30-2)22(20)25)19-14-32-23(26-19)24(15-28,31-3)17-6-8-18(9-7-17)27-10-4-5-11-27/h6-9,12-15H,4-5,10-11H2,1-3H3. The third kappa shape index (κ3) is 3.89. The third-order valence-electron chi connectivity index (χ3n) is 5.82. The van der Waals surface area contributed by atoms with Crippen LogP contribution in [0.1, 0.15) is 24.3 Å². The summed E-state index contributed by atoms with van der Waals surface area (Å²) in [5.41, 5.74) is 1.57.